The van der Waals surface area contributed by atoms with Gasteiger partial charge in [0.05, 0.1) is 6.10 Å². The van der Waals surface area contributed by atoms with Gasteiger partial charge in [-0.15, -0.1) is 11.3 Å². The summed E-state index contributed by atoms with van der Waals surface area (Å²) in [6.07, 6.45) is 3.29. The van der Waals surface area contributed by atoms with Crippen LogP contribution in [0.3, 0.4) is 0 Å². The van der Waals surface area contributed by atoms with Gasteiger partial charge in [-0.05, 0) is 29.5 Å². The Kier molecular flexibility index (Phi) is 5.53. The predicted molar refractivity (Wildman–Crippen MR) is 82.4 cm³/mol. The Morgan fingerprint density at radius 3 is 2.75 bits per heavy atom. The molecule has 1 amide bonds. The highest BCUT2D eigenvalue weighted by Crippen LogP contribution is 2.20. The Labute approximate surface area is 122 Å². The van der Waals surface area contributed by atoms with E-state index in [9.17, 15) is 9.90 Å². The van der Waals surface area contributed by atoms with Crippen molar-refractivity contribution in [2.24, 2.45) is 0 Å². The average Bonchev–Trinajstić information content (AvgIpc) is 3.00. The van der Waals surface area contributed by atoms with Gasteiger partial charge < -0.3 is 10.4 Å². The van der Waals surface area contributed by atoms with Gasteiger partial charge >= 0.3 is 0 Å². The third-order valence-electron chi connectivity index (χ3n) is 2.82. The van der Waals surface area contributed by atoms with Crippen molar-refractivity contribution < 1.29 is 9.90 Å². The maximum Gasteiger partial charge on any atom is 0.244 e. The van der Waals surface area contributed by atoms with E-state index in [0.717, 1.165) is 10.4 Å². The molecular weight excluding hydrogens is 270 g/mol. The molecule has 2 N–H and O–H groups in total. The summed E-state index contributed by atoms with van der Waals surface area (Å²) in [5.74, 6) is -0.146. The molecule has 1 atom stereocenters. The van der Waals surface area contributed by atoms with E-state index in [-0.39, 0.29) is 5.91 Å². The number of thiophene rings is 1. The van der Waals surface area contributed by atoms with Crippen molar-refractivity contribution in [3.63, 3.8) is 0 Å². The van der Waals surface area contributed by atoms with Crippen molar-refractivity contribution in [2.45, 2.75) is 12.5 Å². The molecule has 0 fully saturated rings. The van der Waals surface area contributed by atoms with E-state index in [2.05, 4.69) is 5.32 Å². The maximum atomic E-state index is 11.6. The lowest BCUT2D eigenvalue weighted by molar-refractivity contribution is -0.116. The summed E-state index contributed by atoms with van der Waals surface area (Å²) in [6, 6.07) is 13.5. The van der Waals surface area contributed by atoms with Crippen LogP contribution in [0, 0.1) is 0 Å². The van der Waals surface area contributed by atoms with Crippen LogP contribution in [0.25, 0.3) is 6.08 Å². The molecule has 0 saturated carbocycles. The first-order valence-corrected chi connectivity index (χ1v) is 7.36. The smallest absolute Gasteiger partial charge is 0.244 e. The molecule has 0 aliphatic rings. The minimum Gasteiger partial charge on any atom is -0.388 e. The highest BCUT2D eigenvalue weighted by Gasteiger charge is 2.08. The largest absolute Gasteiger partial charge is 0.388 e. The average molecular weight is 287 g/mol. The summed E-state index contributed by atoms with van der Waals surface area (Å²) in [5.41, 5.74) is 0.987. The van der Waals surface area contributed by atoms with E-state index in [0.29, 0.717) is 13.0 Å². The number of aliphatic hydroxyl groups excluding tert-OH is 1. The van der Waals surface area contributed by atoms with Crippen LogP contribution in [0.1, 0.15) is 23.0 Å². The predicted octanol–water partition coefficient (Wildman–Crippen LogP) is 3.00. The fourth-order valence-corrected chi connectivity index (χ4v) is 2.50. The quantitative estimate of drug-likeness (QED) is 0.802. The molecule has 0 bridgehead atoms. The van der Waals surface area contributed by atoms with Crippen molar-refractivity contribution in [3.8, 4) is 0 Å². The van der Waals surface area contributed by atoms with Crippen LogP contribution < -0.4 is 5.32 Å². The second-order valence-corrected chi connectivity index (χ2v) is 5.33. The molecule has 0 radical (unpaired) electrons. The monoisotopic (exact) mass is 287 g/mol. The number of benzene rings is 1. The highest BCUT2D eigenvalue weighted by molar-refractivity contribution is 7.10. The second kappa shape index (κ2) is 7.62. The molecule has 104 valence electrons. The number of aliphatic hydroxyl groups is 1. The number of carbonyl (C=O) groups excluding carboxylic acids is 1. The van der Waals surface area contributed by atoms with Gasteiger partial charge in [-0.25, -0.2) is 0 Å². The Bertz CT molecular complexity index is 549. The minimum absolute atomic E-state index is 0.146. The van der Waals surface area contributed by atoms with Crippen LogP contribution in [-0.4, -0.2) is 17.6 Å². The summed E-state index contributed by atoms with van der Waals surface area (Å²) in [5, 5.41) is 14.6. The van der Waals surface area contributed by atoms with Gasteiger partial charge in [-0.3, -0.25) is 4.79 Å². The zero-order valence-electron chi connectivity index (χ0n) is 11.0. The number of rotatable bonds is 6. The van der Waals surface area contributed by atoms with Crippen molar-refractivity contribution >= 4 is 23.3 Å². The number of hydrogen-bond donors (Lipinski definition) is 2. The third-order valence-corrected chi connectivity index (χ3v) is 3.79. The molecule has 0 aliphatic heterocycles. The van der Waals surface area contributed by atoms with Gasteiger partial charge in [-0.2, -0.15) is 0 Å². The fourth-order valence-electron chi connectivity index (χ4n) is 1.75. The van der Waals surface area contributed by atoms with Crippen LogP contribution in [0.4, 0.5) is 0 Å². The highest BCUT2D eigenvalue weighted by atomic mass is 32.1. The van der Waals surface area contributed by atoms with E-state index in [1.807, 2.05) is 47.8 Å². The van der Waals surface area contributed by atoms with Gasteiger partial charge in [-0.1, -0.05) is 36.4 Å². The zero-order chi connectivity index (χ0) is 14.2. The summed E-state index contributed by atoms with van der Waals surface area (Å²) in [6.45, 7) is 0.455. The molecule has 0 spiro atoms. The van der Waals surface area contributed by atoms with Crippen LogP contribution >= 0.6 is 11.3 Å². The third kappa shape index (κ3) is 4.64. The summed E-state index contributed by atoms with van der Waals surface area (Å²) < 4.78 is 0. The maximum absolute atomic E-state index is 11.6. The molecule has 1 heterocycles. The second-order valence-electron chi connectivity index (χ2n) is 4.35. The van der Waals surface area contributed by atoms with E-state index in [1.165, 1.54) is 17.4 Å². The SMILES string of the molecule is O=C(/C=C/c1ccccc1)NCC[C@@H](O)c1cccs1. The van der Waals surface area contributed by atoms with Gasteiger partial charge in [0.1, 0.15) is 0 Å². The zero-order valence-corrected chi connectivity index (χ0v) is 11.8. The summed E-state index contributed by atoms with van der Waals surface area (Å²) >= 11 is 1.52. The van der Waals surface area contributed by atoms with E-state index in [4.69, 9.17) is 0 Å². The summed E-state index contributed by atoms with van der Waals surface area (Å²) in [4.78, 5) is 12.5. The lowest BCUT2D eigenvalue weighted by Gasteiger charge is -2.08. The molecular formula is C16H17NO2S. The molecule has 2 rings (SSSR count). The molecule has 1 aromatic carbocycles. The molecule has 1 aromatic heterocycles. The minimum atomic E-state index is -0.506. The van der Waals surface area contributed by atoms with Crippen molar-refractivity contribution in [1.29, 1.82) is 0 Å². The lowest BCUT2D eigenvalue weighted by atomic mass is 10.2. The van der Waals surface area contributed by atoms with E-state index < -0.39 is 6.10 Å². The topological polar surface area (TPSA) is 49.3 Å². The Morgan fingerprint density at radius 1 is 1.25 bits per heavy atom. The van der Waals surface area contributed by atoms with Gasteiger partial charge in [0.15, 0.2) is 0 Å². The molecule has 0 unspecified atom stereocenters. The van der Waals surface area contributed by atoms with E-state index in [1.54, 1.807) is 6.08 Å². The van der Waals surface area contributed by atoms with Crippen LogP contribution in [-0.2, 0) is 4.79 Å². The Hall–Kier alpha value is -1.91. The normalized spacial score (nSPS) is 12.4. The van der Waals surface area contributed by atoms with Crippen LogP contribution in [0.2, 0.25) is 0 Å². The Balaban J connectivity index is 1.72. The molecule has 4 heteroatoms. The fraction of sp³-hybridized carbons (Fsp3) is 0.188. The van der Waals surface area contributed by atoms with Crippen molar-refractivity contribution in [1.82, 2.24) is 5.32 Å². The van der Waals surface area contributed by atoms with Crippen molar-refractivity contribution in [3.05, 3.63) is 64.4 Å². The summed E-state index contributed by atoms with van der Waals surface area (Å²) in [7, 11) is 0. The molecule has 0 saturated heterocycles. The van der Waals surface area contributed by atoms with Crippen LogP contribution in [0.5, 0.6) is 0 Å². The number of amides is 1. The number of nitrogens with one attached hydrogen (secondary N) is 1. The first kappa shape index (κ1) is 14.5. The van der Waals surface area contributed by atoms with Gasteiger partial charge in [0.2, 0.25) is 5.91 Å². The first-order valence-electron chi connectivity index (χ1n) is 6.48. The molecule has 0 aliphatic carbocycles. The first-order chi connectivity index (χ1) is 9.75. The lowest BCUT2D eigenvalue weighted by Crippen LogP contribution is -2.23. The molecule has 3 nitrogen and oxygen atoms in total. The Morgan fingerprint density at radius 2 is 2.05 bits per heavy atom. The van der Waals surface area contributed by atoms with Crippen molar-refractivity contribution in [2.75, 3.05) is 6.54 Å². The number of carbonyl (C=O) groups is 1. The molecule has 20 heavy (non-hydrogen) atoms. The standard InChI is InChI=1S/C16H17NO2S/c18-14(15-7-4-12-20-15)10-11-17-16(19)9-8-13-5-2-1-3-6-13/h1-9,12,14,18H,10-11H2,(H,17,19)/b9-8+/t14-/m1/s1. The van der Waals surface area contributed by atoms with Crippen LogP contribution in [0.15, 0.2) is 53.9 Å². The number of hydrogen-bond acceptors (Lipinski definition) is 3. The van der Waals surface area contributed by atoms with Gasteiger partial charge in [0.25, 0.3) is 0 Å². The van der Waals surface area contributed by atoms with Gasteiger partial charge in [0, 0.05) is 17.5 Å². The molecule has 2 aromatic rings. The van der Waals surface area contributed by atoms with E-state index >= 15 is 0 Å².